The van der Waals surface area contributed by atoms with Gasteiger partial charge < -0.3 is 10.2 Å². The lowest BCUT2D eigenvalue weighted by molar-refractivity contribution is -0.136. The van der Waals surface area contributed by atoms with E-state index in [0.29, 0.717) is 12.8 Å². The van der Waals surface area contributed by atoms with E-state index in [1.807, 2.05) is 6.92 Å². The molecule has 1 aliphatic carbocycles. The molecule has 0 aromatic rings. The first-order valence-corrected chi connectivity index (χ1v) is 4.77. The molecule has 0 heterocycles. The number of aliphatic carboxylic acids is 2. The van der Waals surface area contributed by atoms with Crippen LogP contribution < -0.4 is 0 Å². The SMILES string of the molecule is CCC1CCCC(C(=O)O)=C1C(=O)O. The molecule has 2 N–H and O–H groups in total. The minimum atomic E-state index is -1.08. The van der Waals surface area contributed by atoms with Crippen LogP contribution in [0.15, 0.2) is 11.1 Å². The molecule has 0 saturated carbocycles. The highest BCUT2D eigenvalue weighted by atomic mass is 16.4. The Kier molecular flexibility index (Phi) is 3.28. The average Bonchev–Trinajstić information content (AvgIpc) is 2.16. The van der Waals surface area contributed by atoms with Crippen molar-refractivity contribution >= 4 is 11.9 Å². The van der Waals surface area contributed by atoms with Crippen LogP contribution >= 0.6 is 0 Å². The van der Waals surface area contributed by atoms with E-state index in [2.05, 4.69) is 0 Å². The number of rotatable bonds is 3. The quantitative estimate of drug-likeness (QED) is 0.723. The first kappa shape index (κ1) is 10.8. The van der Waals surface area contributed by atoms with Gasteiger partial charge in [-0.3, -0.25) is 0 Å². The normalized spacial score (nSPS) is 22.2. The highest BCUT2D eigenvalue weighted by Gasteiger charge is 2.29. The van der Waals surface area contributed by atoms with Crippen LogP contribution in [0.25, 0.3) is 0 Å². The van der Waals surface area contributed by atoms with Gasteiger partial charge in [0.05, 0.1) is 5.57 Å². The van der Waals surface area contributed by atoms with Gasteiger partial charge in [0, 0.05) is 5.57 Å². The number of hydrogen-bond donors (Lipinski definition) is 2. The molecule has 4 heteroatoms. The van der Waals surface area contributed by atoms with E-state index in [9.17, 15) is 9.59 Å². The third-order valence-corrected chi connectivity index (χ3v) is 2.69. The molecule has 1 unspecified atom stereocenters. The third kappa shape index (κ3) is 1.95. The summed E-state index contributed by atoms with van der Waals surface area (Å²) in [6.45, 7) is 1.89. The Bertz CT molecular complexity index is 290. The smallest absolute Gasteiger partial charge is 0.332 e. The van der Waals surface area contributed by atoms with Crippen LogP contribution in [-0.4, -0.2) is 22.2 Å². The van der Waals surface area contributed by atoms with E-state index in [1.165, 1.54) is 0 Å². The summed E-state index contributed by atoms with van der Waals surface area (Å²) in [5.74, 6) is -2.25. The molecule has 0 bridgehead atoms. The molecule has 1 atom stereocenters. The second-order valence-corrected chi connectivity index (χ2v) is 3.50. The van der Waals surface area contributed by atoms with Crippen molar-refractivity contribution in [1.82, 2.24) is 0 Å². The Morgan fingerprint density at radius 3 is 2.43 bits per heavy atom. The molecule has 0 radical (unpaired) electrons. The van der Waals surface area contributed by atoms with Gasteiger partial charge in [-0.05, 0) is 31.6 Å². The van der Waals surface area contributed by atoms with E-state index < -0.39 is 11.9 Å². The van der Waals surface area contributed by atoms with Crippen molar-refractivity contribution in [2.75, 3.05) is 0 Å². The van der Waals surface area contributed by atoms with Crippen LogP contribution in [0.4, 0.5) is 0 Å². The maximum Gasteiger partial charge on any atom is 0.332 e. The fourth-order valence-corrected chi connectivity index (χ4v) is 1.98. The van der Waals surface area contributed by atoms with Gasteiger partial charge in [0.15, 0.2) is 0 Å². The molecule has 0 fully saturated rings. The van der Waals surface area contributed by atoms with Crippen molar-refractivity contribution in [3.8, 4) is 0 Å². The third-order valence-electron chi connectivity index (χ3n) is 2.69. The molecule has 0 amide bonds. The summed E-state index contributed by atoms with van der Waals surface area (Å²) in [5, 5.41) is 17.8. The van der Waals surface area contributed by atoms with Gasteiger partial charge in [0.1, 0.15) is 0 Å². The number of carbonyl (C=O) groups is 2. The van der Waals surface area contributed by atoms with Gasteiger partial charge in [0.2, 0.25) is 0 Å². The lowest BCUT2D eigenvalue weighted by Crippen LogP contribution is -2.22. The lowest BCUT2D eigenvalue weighted by atomic mass is 9.81. The first-order valence-electron chi connectivity index (χ1n) is 4.77. The highest BCUT2D eigenvalue weighted by molar-refractivity contribution is 5.99. The predicted molar refractivity (Wildman–Crippen MR) is 49.9 cm³/mol. The van der Waals surface area contributed by atoms with E-state index in [4.69, 9.17) is 10.2 Å². The summed E-state index contributed by atoms with van der Waals surface area (Å²) in [6.07, 6.45) is 2.64. The summed E-state index contributed by atoms with van der Waals surface area (Å²) >= 11 is 0. The predicted octanol–water partition coefficient (Wildman–Crippen LogP) is 1.66. The molecule has 0 aliphatic heterocycles. The highest BCUT2D eigenvalue weighted by Crippen LogP contribution is 2.32. The first-order chi connectivity index (χ1) is 6.57. The summed E-state index contributed by atoms with van der Waals surface area (Å²) in [7, 11) is 0. The second kappa shape index (κ2) is 4.26. The average molecular weight is 198 g/mol. The van der Waals surface area contributed by atoms with E-state index in [-0.39, 0.29) is 17.1 Å². The molecular weight excluding hydrogens is 184 g/mol. The number of carboxylic acids is 2. The Hall–Kier alpha value is -1.32. The van der Waals surface area contributed by atoms with Crippen molar-refractivity contribution in [2.24, 2.45) is 5.92 Å². The van der Waals surface area contributed by atoms with Crippen molar-refractivity contribution in [3.63, 3.8) is 0 Å². The minimum absolute atomic E-state index is 0.0904. The molecule has 0 aromatic carbocycles. The molecule has 78 valence electrons. The van der Waals surface area contributed by atoms with Crippen LogP contribution in [0.5, 0.6) is 0 Å². The van der Waals surface area contributed by atoms with Crippen LogP contribution in [0, 0.1) is 5.92 Å². The number of carboxylic acid groups (broad SMARTS) is 2. The maximum atomic E-state index is 10.9. The zero-order chi connectivity index (χ0) is 10.7. The van der Waals surface area contributed by atoms with Crippen LogP contribution in [0.1, 0.15) is 32.6 Å². The zero-order valence-corrected chi connectivity index (χ0v) is 8.12. The molecule has 14 heavy (non-hydrogen) atoms. The van der Waals surface area contributed by atoms with Gasteiger partial charge in [0.25, 0.3) is 0 Å². The molecule has 0 aromatic heterocycles. The fourth-order valence-electron chi connectivity index (χ4n) is 1.98. The summed E-state index contributed by atoms with van der Waals surface area (Å²) in [6, 6.07) is 0. The van der Waals surface area contributed by atoms with Crippen molar-refractivity contribution in [1.29, 1.82) is 0 Å². The number of hydrogen-bond acceptors (Lipinski definition) is 2. The van der Waals surface area contributed by atoms with Crippen molar-refractivity contribution in [3.05, 3.63) is 11.1 Å². The maximum absolute atomic E-state index is 10.9. The standard InChI is InChI=1S/C10H14O4/c1-2-6-4-3-5-7(9(11)12)8(6)10(13)14/h6H,2-5H2,1H3,(H,11,12)(H,13,14). The Morgan fingerprint density at radius 2 is 2.00 bits per heavy atom. The van der Waals surface area contributed by atoms with Gasteiger partial charge in [-0.1, -0.05) is 6.92 Å². The fraction of sp³-hybridized carbons (Fsp3) is 0.600. The van der Waals surface area contributed by atoms with Crippen LogP contribution in [0.3, 0.4) is 0 Å². The summed E-state index contributed by atoms with van der Waals surface area (Å²) in [5.41, 5.74) is 0.210. The van der Waals surface area contributed by atoms with Crippen LogP contribution in [-0.2, 0) is 9.59 Å². The van der Waals surface area contributed by atoms with E-state index in [0.717, 1.165) is 12.8 Å². The monoisotopic (exact) mass is 198 g/mol. The molecule has 4 nitrogen and oxygen atoms in total. The molecule has 0 spiro atoms. The Balaban J connectivity index is 3.12. The molecule has 1 aliphatic rings. The Labute approximate surface area is 82.2 Å². The van der Waals surface area contributed by atoms with Gasteiger partial charge in [-0.2, -0.15) is 0 Å². The van der Waals surface area contributed by atoms with Crippen LogP contribution in [0.2, 0.25) is 0 Å². The zero-order valence-electron chi connectivity index (χ0n) is 8.12. The van der Waals surface area contributed by atoms with E-state index in [1.54, 1.807) is 0 Å². The van der Waals surface area contributed by atoms with E-state index >= 15 is 0 Å². The summed E-state index contributed by atoms with van der Waals surface area (Å²) in [4.78, 5) is 21.7. The largest absolute Gasteiger partial charge is 0.478 e. The Morgan fingerprint density at radius 1 is 1.36 bits per heavy atom. The summed E-state index contributed by atoms with van der Waals surface area (Å²) < 4.78 is 0. The molecule has 0 saturated heterocycles. The van der Waals surface area contributed by atoms with Crippen molar-refractivity contribution in [2.45, 2.75) is 32.6 Å². The van der Waals surface area contributed by atoms with Crippen molar-refractivity contribution < 1.29 is 19.8 Å². The topological polar surface area (TPSA) is 74.6 Å². The molecule has 1 rings (SSSR count). The second-order valence-electron chi connectivity index (χ2n) is 3.50. The van der Waals surface area contributed by atoms with Gasteiger partial charge in [-0.25, -0.2) is 9.59 Å². The molecular formula is C10H14O4. The van der Waals surface area contributed by atoms with Gasteiger partial charge in [-0.15, -0.1) is 0 Å². The lowest BCUT2D eigenvalue weighted by Gasteiger charge is -2.23. The minimum Gasteiger partial charge on any atom is -0.478 e. The van der Waals surface area contributed by atoms with Gasteiger partial charge >= 0.3 is 11.9 Å².